The van der Waals surface area contributed by atoms with Crippen LogP contribution < -0.4 is 4.72 Å². The van der Waals surface area contributed by atoms with Crippen LogP contribution in [0.1, 0.15) is 0 Å². The Labute approximate surface area is 112 Å². The molecule has 1 N–H and O–H groups in total. The van der Waals surface area contributed by atoms with Gasteiger partial charge in [-0.2, -0.15) is 14.5 Å². The Morgan fingerprint density at radius 2 is 2.15 bits per heavy atom. The van der Waals surface area contributed by atoms with Crippen LogP contribution in [0.2, 0.25) is 0 Å². The standard InChI is InChI=1S/C9H8FN5O4S/c1-14-9(11-5-12-14)13-20(18,19)6-2-3-8(15(16)17)7(10)4-6/h2-5H,1H3,(H,11,12,13). The van der Waals surface area contributed by atoms with Gasteiger partial charge in [-0.1, -0.05) is 0 Å². The van der Waals surface area contributed by atoms with Crippen LogP contribution >= 0.6 is 0 Å². The first-order chi connectivity index (χ1) is 9.31. The lowest BCUT2D eigenvalue weighted by Crippen LogP contribution is -2.16. The first kappa shape index (κ1) is 13.9. The highest BCUT2D eigenvalue weighted by molar-refractivity contribution is 7.92. The number of hydrogen-bond donors (Lipinski definition) is 1. The van der Waals surface area contributed by atoms with Crippen molar-refractivity contribution in [3.63, 3.8) is 0 Å². The summed E-state index contributed by atoms with van der Waals surface area (Å²) in [7, 11) is -2.65. The van der Waals surface area contributed by atoms with Crippen molar-refractivity contribution in [3.05, 3.63) is 40.5 Å². The van der Waals surface area contributed by atoms with E-state index in [1.165, 1.54) is 11.7 Å². The van der Waals surface area contributed by atoms with Gasteiger partial charge in [-0.25, -0.2) is 17.8 Å². The second-order valence-corrected chi connectivity index (χ2v) is 5.37. The normalized spacial score (nSPS) is 11.3. The monoisotopic (exact) mass is 301 g/mol. The second-order valence-electron chi connectivity index (χ2n) is 3.68. The third-order valence-electron chi connectivity index (χ3n) is 2.36. The molecule has 2 aromatic rings. The van der Waals surface area contributed by atoms with Crippen LogP contribution in [0.3, 0.4) is 0 Å². The van der Waals surface area contributed by atoms with Gasteiger partial charge in [-0.3, -0.25) is 10.1 Å². The van der Waals surface area contributed by atoms with Crippen LogP contribution in [-0.4, -0.2) is 28.1 Å². The molecule has 0 atom stereocenters. The molecule has 0 bridgehead atoms. The van der Waals surface area contributed by atoms with Crippen molar-refractivity contribution in [1.82, 2.24) is 14.8 Å². The lowest BCUT2D eigenvalue weighted by atomic mass is 10.3. The first-order valence-corrected chi connectivity index (χ1v) is 6.60. The molecule has 2 rings (SSSR count). The fraction of sp³-hybridized carbons (Fsp3) is 0.111. The molecule has 0 saturated heterocycles. The van der Waals surface area contributed by atoms with Gasteiger partial charge in [0.25, 0.3) is 10.0 Å². The van der Waals surface area contributed by atoms with Crippen molar-refractivity contribution in [2.75, 3.05) is 4.72 Å². The van der Waals surface area contributed by atoms with Crippen molar-refractivity contribution in [2.24, 2.45) is 7.05 Å². The van der Waals surface area contributed by atoms with E-state index in [1.807, 2.05) is 0 Å². The fourth-order valence-corrected chi connectivity index (χ4v) is 2.42. The average molecular weight is 301 g/mol. The highest BCUT2D eigenvalue weighted by atomic mass is 32.2. The number of sulfonamides is 1. The van der Waals surface area contributed by atoms with Gasteiger partial charge in [0.2, 0.25) is 11.8 Å². The van der Waals surface area contributed by atoms with E-state index in [4.69, 9.17) is 0 Å². The van der Waals surface area contributed by atoms with Crippen molar-refractivity contribution in [1.29, 1.82) is 0 Å². The molecule has 9 nitrogen and oxygen atoms in total. The number of benzene rings is 1. The van der Waals surface area contributed by atoms with E-state index in [1.54, 1.807) is 0 Å². The quantitative estimate of drug-likeness (QED) is 0.654. The summed E-state index contributed by atoms with van der Waals surface area (Å²) in [4.78, 5) is 12.7. The molecular formula is C9H8FN5O4S. The molecule has 0 aliphatic carbocycles. The van der Waals surface area contributed by atoms with Crippen molar-refractivity contribution in [2.45, 2.75) is 4.90 Å². The van der Waals surface area contributed by atoms with E-state index in [-0.39, 0.29) is 5.95 Å². The van der Waals surface area contributed by atoms with Crippen LogP contribution in [-0.2, 0) is 17.1 Å². The molecule has 1 heterocycles. The number of nitro groups is 1. The average Bonchev–Trinajstić information content (AvgIpc) is 2.73. The maximum Gasteiger partial charge on any atom is 0.304 e. The van der Waals surface area contributed by atoms with Crippen LogP contribution in [0, 0.1) is 15.9 Å². The minimum Gasteiger partial charge on any atom is -0.258 e. The van der Waals surface area contributed by atoms with Gasteiger partial charge in [-0.05, 0) is 6.07 Å². The Morgan fingerprint density at radius 1 is 1.45 bits per heavy atom. The van der Waals surface area contributed by atoms with Gasteiger partial charge in [0.1, 0.15) is 6.33 Å². The summed E-state index contributed by atoms with van der Waals surface area (Å²) >= 11 is 0. The molecule has 0 aliphatic rings. The molecule has 0 saturated carbocycles. The Kier molecular flexibility index (Phi) is 3.36. The van der Waals surface area contributed by atoms with E-state index >= 15 is 0 Å². The molecular weight excluding hydrogens is 293 g/mol. The van der Waals surface area contributed by atoms with E-state index < -0.39 is 31.3 Å². The number of rotatable bonds is 4. The highest BCUT2D eigenvalue weighted by Gasteiger charge is 2.21. The number of aryl methyl sites for hydroxylation is 1. The Balaban J connectivity index is 2.38. The SMILES string of the molecule is Cn1ncnc1NS(=O)(=O)c1ccc([N+](=O)[O-])c(F)c1. The summed E-state index contributed by atoms with van der Waals surface area (Å²) in [5, 5.41) is 14.1. The molecule has 0 fully saturated rings. The highest BCUT2D eigenvalue weighted by Crippen LogP contribution is 2.21. The van der Waals surface area contributed by atoms with E-state index in [9.17, 15) is 22.9 Å². The maximum atomic E-state index is 13.4. The first-order valence-electron chi connectivity index (χ1n) is 5.12. The number of halogens is 1. The Morgan fingerprint density at radius 3 is 2.65 bits per heavy atom. The van der Waals surface area contributed by atoms with Crippen LogP contribution in [0.5, 0.6) is 0 Å². The van der Waals surface area contributed by atoms with Crippen molar-refractivity contribution in [3.8, 4) is 0 Å². The molecule has 106 valence electrons. The summed E-state index contributed by atoms with van der Waals surface area (Å²) in [5.41, 5.74) is -0.803. The molecule has 0 aliphatic heterocycles. The number of hydrogen-bond acceptors (Lipinski definition) is 6. The molecule has 0 unspecified atom stereocenters. The lowest BCUT2D eigenvalue weighted by Gasteiger charge is -2.06. The fourth-order valence-electron chi connectivity index (χ4n) is 1.37. The molecule has 1 aromatic heterocycles. The zero-order valence-corrected chi connectivity index (χ0v) is 10.8. The number of nitrogens with one attached hydrogen (secondary N) is 1. The summed E-state index contributed by atoms with van der Waals surface area (Å²) in [6.45, 7) is 0. The number of nitrogens with zero attached hydrogens (tertiary/aromatic N) is 4. The summed E-state index contributed by atoms with van der Waals surface area (Å²) in [6, 6.07) is 2.28. The zero-order chi connectivity index (χ0) is 14.9. The summed E-state index contributed by atoms with van der Waals surface area (Å²) < 4.78 is 40.6. The topological polar surface area (TPSA) is 120 Å². The minimum atomic E-state index is -4.11. The van der Waals surface area contributed by atoms with Gasteiger partial charge in [0, 0.05) is 19.2 Å². The molecule has 0 amide bonds. The van der Waals surface area contributed by atoms with Crippen LogP contribution in [0.15, 0.2) is 29.4 Å². The third kappa shape index (κ3) is 2.56. The van der Waals surface area contributed by atoms with E-state index in [0.717, 1.165) is 18.5 Å². The molecule has 0 radical (unpaired) electrons. The number of anilines is 1. The van der Waals surface area contributed by atoms with E-state index in [2.05, 4.69) is 14.8 Å². The van der Waals surface area contributed by atoms with Gasteiger partial charge < -0.3 is 0 Å². The number of nitro benzene ring substituents is 1. The largest absolute Gasteiger partial charge is 0.304 e. The molecule has 11 heteroatoms. The second kappa shape index (κ2) is 4.85. The summed E-state index contributed by atoms with van der Waals surface area (Å²) in [6.07, 6.45) is 1.13. The third-order valence-corrected chi connectivity index (χ3v) is 3.69. The lowest BCUT2D eigenvalue weighted by molar-refractivity contribution is -0.387. The zero-order valence-electron chi connectivity index (χ0n) is 10.0. The molecule has 0 spiro atoms. The van der Waals surface area contributed by atoms with Crippen molar-refractivity contribution < 1.29 is 17.7 Å². The van der Waals surface area contributed by atoms with Crippen molar-refractivity contribution >= 4 is 21.7 Å². The minimum absolute atomic E-state index is 0.0660. The van der Waals surface area contributed by atoms with Crippen LogP contribution in [0.4, 0.5) is 16.0 Å². The van der Waals surface area contributed by atoms with Gasteiger partial charge in [0.05, 0.1) is 9.82 Å². The number of aromatic nitrogens is 3. The van der Waals surface area contributed by atoms with Gasteiger partial charge in [0.15, 0.2) is 0 Å². The van der Waals surface area contributed by atoms with Gasteiger partial charge in [-0.15, -0.1) is 0 Å². The smallest absolute Gasteiger partial charge is 0.258 e. The Bertz CT molecular complexity index is 772. The summed E-state index contributed by atoms with van der Waals surface area (Å²) in [5.74, 6) is -1.31. The van der Waals surface area contributed by atoms with E-state index in [0.29, 0.717) is 6.07 Å². The maximum absolute atomic E-state index is 13.4. The molecule has 20 heavy (non-hydrogen) atoms. The predicted octanol–water partition coefficient (Wildman–Crippen LogP) is 0.663. The molecule has 1 aromatic carbocycles. The Hall–Kier alpha value is -2.56. The van der Waals surface area contributed by atoms with Crippen LogP contribution in [0.25, 0.3) is 0 Å². The predicted molar refractivity (Wildman–Crippen MR) is 64.9 cm³/mol. The van der Waals surface area contributed by atoms with Gasteiger partial charge >= 0.3 is 5.69 Å².